The normalized spacial score (nSPS) is 11.1. The van der Waals surface area contributed by atoms with Crippen LogP contribution in [0.15, 0.2) is 53.6 Å². The summed E-state index contributed by atoms with van der Waals surface area (Å²) in [6, 6.07) is 15.1. The minimum absolute atomic E-state index is 0.309. The summed E-state index contributed by atoms with van der Waals surface area (Å²) in [4.78, 5) is 12.1. The third-order valence-electron chi connectivity index (χ3n) is 4.34. The first kappa shape index (κ1) is 18.9. The average molecular weight is 381 g/mol. The molecule has 27 heavy (non-hydrogen) atoms. The molecule has 0 saturated carbocycles. The van der Waals surface area contributed by atoms with Crippen molar-refractivity contribution in [3.63, 3.8) is 0 Å². The molecule has 1 amide bonds. The molecule has 6 heteroatoms. The average Bonchev–Trinajstić information content (AvgIpc) is 2.91. The van der Waals surface area contributed by atoms with Gasteiger partial charge in [-0.2, -0.15) is 10.2 Å². The van der Waals surface area contributed by atoms with Gasteiger partial charge in [-0.1, -0.05) is 47.5 Å². The Morgan fingerprint density at radius 2 is 1.93 bits per heavy atom. The van der Waals surface area contributed by atoms with Crippen LogP contribution in [0.5, 0.6) is 0 Å². The van der Waals surface area contributed by atoms with E-state index in [1.54, 1.807) is 30.5 Å². The SMILES string of the molecule is Cc1ccc(Cn2nc(C)c(/C=N\NC(=O)c3cccc(Cl)c3)c2C)cc1. The van der Waals surface area contributed by atoms with E-state index in [-0.39, 0.29) is 5.91 Å². The first-order valence-electron chi connectivity index (χ1n) is 8.62. The predicted molar refractivity (Wildman–Crippen MR) is 108 cm³/mol. The van der Waals surface area contributed by atoms with Crippen molar-refractivity contribution in [3.05, 3.63) is 87.2 Å². The van der Waals surface area contributed by atoms with Gasteiger partial charge in [-0.05, 0) is 44.5 Å². The molecule has 0 atom stereocenters. The summed E-state index contributed by atoms with van der Waals surface area (Å²) in [5, 5.41) is 9.18. The molecule has 0 spiro atoms. The van der Waals surface area contributed by atoms with Crippen LogP contribution >= 0.6 is 11.6 Å². The molecule has 5 nitrogen and oxygen atoms in total. The number of aryl methyl sites for hydroxylation is 2. The molecule has 0 bridgehead atoms. The fourth-order valence-electron chi connectivity index (χ4n) is 2.77. The Hall–Kier alpha value is -2.92. The molecule has 138 valence electrons. The third-order valence-corrected chi connectivity index (χ3v) is 4.57. The molecule has 0 fully saturated rings. The van der Waals surface area contributed by atoms with E-state index >= 15 is 0 Å². The summed E-state index contributed by atoms with van der Waals surface area (Å²) >= 11 is 5.91. The Morgan fingerprint density at radius 3 is 2.63 bits per heavy atom. The number of hydrazone groups is 1. The van der Waals surface area contributed by atoms with E-state index in [0.29, 0.717) is 17.1 Å². The number of aromatic nitrogens is 2. The standard InChI is InChI=1S/C21H21ClN4O/c1-14-7-9-17(10-8-14)13-26-16(3)20(15(2)25-26)12-23-24-21(27)18-5-4-6-19(22)11-18/h4-12H,13H2,1-3H3,(H,24,27)/b23-12-. The van der Waals surface area contributed by atoms with E-state index < -0.39 is 0 Å². The zero-order valence-electron chi connectivity index (χ0n) is 15.5. The second kappa shape index (κ2) is 8.18. The Labute approximate surface area is 163 Å². The fourth-order valence-corrected chi connectivity index (χ4v) is 2.96. The van der Waals surface area contributed by atoms with Crippen LogP contribution < -0.4 is 5.43 Å². The Bertz CT molecular complexity index is 990. The minimum atomic E-state index is -0.309. The van der Waals surface area contributed by atoms with Crippen LogP contribution in [0.1, 0.15) is 38.4 Å². The van der Waals surface area contributed by atoms with Gasteiger partial charge in [-0.25, -0.2) is 5.43 Å². The lowest BCUT2D eigenvalue weighted by Crippen LogP contribution is -2.17. The molecule has 0 aliphatic heterocycles. The maximum atomic E-state index is 12.1. The second-order valence-electron chi connectivity index (χ2n) is 6.44. The molecule has 0 unspecified atom stereocenters. The Morgan fingerprint density at radius 1 is 1.19 bits per heavy atom. The summed E-state index contributed by atoms with van der Waals surface area (Å²) in [7, 11) is 0. The van der Waals surface area contributed by atoms with Gasteiger partial charge < -0.3 is 0 Å². The number of benzene rings is 2. The van der Waals surface area contributed by atoms with Gasteiger partial charge in [-0.15, -0.1) is 0 Å². The largest absolute Gasteiger partial charge is 0.271 e. The first-order chi connectivity index (χ1) is 12.9. The molecule has 3 rings (SSSR count). The molecule has 1 aromatic heterocycles. The predicted octanol–water partition coefficient (Wildman–Crippen LogP) is 4.27. The van der Waals surface area contributed by atoms with Crippen molar-refractivity contribution in [2.45, 2.75) is 27.3 Å². The van der Waals surface area contributed by atoms with Gasteiger partial charge in [0.2, 0.25) is 0 Å². The number of rotatable bonds is 5. The number of halogens is 1. The van der Waals surface area contributed by atoms with Gasteiger partial charge in [0.05, 0.1) is 18.5 Å². The van der Waals surface area contributed by atoms with Crippen LogP contribution in [0.25, 0.3) is 0 Å². The van der Waals surface area contributed by atoms with E-state index in [1.165, 1.54) is 11.1 Å². The first-order valence-corrected chi connectivity index (χ1v) is 9.00. The number of carbonyl (C=O) groups excluding carboxylic acids is 1. The molecular weight excluding hydrogens is 360 g/mol. The molecular formula is C21H21ClN4O. The van der Waals surface area contributed by atoms with Crippen molar-refractivity contribution >= 4 is 23.7 Å². The highest BCUT2D eigenvalue weighted by Crippen LogP contribution is 2.14. The lowest BCUT2D eigenvalue weighted by atomic mass is 10.1. The highest BCUT2D eigenvalue weighted by Gasteiger charge is 2.10. The van der Waals surface area contributed by atoms with Crippen LogP contribution in [0.4, 0.5) is 0 Å². The minimum Gasteiger partial charge on any atom is -0.267 e. The summed E-state index contributed by atoms with van der Waals surface area (Å²) in [5.74, 6) is -0.309. The van der Waals surface area contributed by atoms with Crippen molar-refractivity contribution in [3.8, 4) is 0 Å². The Kier molecular flexibility index (Phi) is 5.72. The van der Waals surface area contributed by atoms with E-state index in [0.717, 1.165) is 17.0 Å². The number of nitrogens with one attached hydrogen (secondary N) is 1. The quantitative estimate of drug-likeness (QED) is 0.530. The van der Waals surface area contributed by atoms with Crippen molar-refractivity contribution in [2.75, 3.05) is 0 Å². The van der Waals surface area contributed by atoms with Crippen LogP contribution in [0.2, 0.25) is 5.02 Å². The maximum Gasteiger partial charge on any atom is 0.271 e. The van der Waals surface area contributed by atoms with E-state index in [1.807, 2.05) is 18.5 Å². The number of carbonyl (C=O) groups is 1. The van der Waals surface area contributed by atoms with Gasteiger partial charge in [0.15, 0.2) is 0 Å². The van der Waals surface area contributed by atoms with Crippen LogP contribution in [-0.4, -0.2) is 21.9 Å². The van der Waals surface area contributed by atoms with Crippen molar-refractivity contribution in [1.29, 1.82) is 0 Å². The lowest BCUT2D eigenvalue weighted by molar-refractivity contribution is 0.0955. The van der Waals surface area contributed by atoms with E-state index in [2.05, 4.69) is 46.8 Å². The van der Waals surface area contributed by atoms with Gasteiger partial charge >= 0.3 is 0 Å². The van der Waals surface area contributed by atoms with E-state index in [9.17, 15) is 4.79 Å². The van der Waals surface area contributed by atoms with Gasteiger partial charge in [0.25, 0.3) is 5.91 Å². The van der Waals surface area contributed by atoms with Gasteiger partial charge in [-0.3, -0.25) is 9.48 Å². The van der Waals surface area contributed by atoms with Gasteiger partial charge in [0.1, 0.15) is 0 Å². The van der Waals surface area contributed by atoms with Crippen LogP contribution in [0.3, 0.4) is 0 Å². The molecule has 0 aliphatic rings. The molecule has 1 N–H and O–H groups in total. The molecule has 3 aromatic rings. The lowest BCUT2D eigenvalue weighted by Gasteiger charge is -2.05. The fraction of sp³-hybridized carbons (Fsp3) is 0.190. The number of nitrogens with zero attached hydrogens (tertiary/aromatic N) is 3. The molecule has 0 saturated heterocycles. The second-order valence-corrected chi connectivity index (χ2v) is 6.87. The topological polar surface area (TPSA) is 59.3 Å². The summed E-state index contributed by atoms with van der Waals surface area (Å²) in [6.45, 7) is 6.68. The van der Waals surface area contributed by atoms with Crippen LogP contribution in [0, 0.1) is 20.8 Å². The summed E-state index contributed by atoms with van der Waals surface area (Å²) in [6.07, 6.45) is 1.63. The van der Waals surface area contributed by atoms with Gasteiger partial charge in [0, 0.05) is 21.8 Å². The number of hydrogen-bond donors (Lipinski definition) is 1. The van der Waals surface area contributed by atoms with Crippen LogP contribution in [-0.2, 0) is 6.54 Å². The maximum absolute atomic E-state index is 12.1. The smallest absolute Gasteiger partial charge is 0.267 e. The van der Waals surface area contributed by atoms with E-state index in [4.69, 9.17) is 11.6 Å². The zero-order chi connectivity index (χ0) is 19.4. The highest BCUT2D eigenvalue weighted by molar-refractivity contribution is 6.30. The molecule has 0 aliphatic carbocycles. The summed E-state index contributed by atoms with van der Waals surface area (Å²) in [5.41, 5.74) is 8.16. The number of hydrogen-bond acceptors (Lipinski definition) is 3. The Balaban J connectivity index is 1.71. The monoisotopic (exact) mass is 380 g/mol. The summed E-state index contributed by atoms with van der Waals surface area (Å²) < 4.78 is 1.94. The molecule has 1 heterocycles. The van der Waals surface area contributed by atoms with Crippen molar-refractivity contribution < 1.29 is 4.79 Å². The number of amides is 1. The van der Waals surface area contributed by atoms with Crippen molar-refractivity contribution in [1.82, 2.24) is 15.2 Å². The third kappa shape index (κ3) is 4.63. The zero-order valence-corrected chi connectivity index (χ0v) is 16.3. The van der Waals surface area contributed by atoms with Crippen molar-refractivity contribution in [2.24, 2.45) is 5.10 Å². The molecule has 2 aromatic carbocycles. The highest BCUT2D eigenvalue weighted by atomic mass is 35.5. The molecule has 0 radical (unpaired) electrons.